The molecule has 1 aliphatic heterocycles. The van der Waals surface area contributed by atoms with Crippen LogP contribution < -0.4 is 5.32 Å². The van der Waals surface area contributed by atoms with Gasteiger partial charge in [-0.25, -0.2) is 0 Å². The van der Waals surface area contributed by atoms with Crippen LogP contribution in [-0.2, 0) is 11.3 Å². The predicted octanol–water partition coefficient (Wildman–Crippen LogP) is 2.57. The first-order valence-electron chi connectivity index (χ1n) is 7.81. The predicted molar refractivity (Wildman–Crippen MR) is 80.2 cm³/mol. The van der Waals surface area contributed by atoms with Gasteiger partial charge in [0, 0.05) is 19.1 Å². The van der Waals surface area contributed by atoms with Crippen molar-refractivity contribution < 1.29 is 4.79 Å². The van der Waals surface area contributed by atoms with E-state index in [1.165, 1.54) is 18.4 Å². The second kappa shape index (κ2) is 5.57. The maximum absolute atomic E-state index is 13.1. The number of rotatable bonds is 5. The van der Waals surface area contributed by atoms with Crippen LogP contribution in [0.1, 0.15) is 38.2 Å². The minimum Gasteiger partial charge on any atom is -0.335 e. The average molecular weight is 272 g/mol. The van der Waals surface area contributed by atoms with Crippen molar-refractivity contribution in [2.75, 3.05) is 13.1 Å². The molecule has 1 aromatic rings. The molecule has 0 bridgehead atoms. The molecule has 1 heterocycles. The molecule has 1 amide bonds. The van der Waals surface area contributed by atoms with E-state index in [2.05, 4.69) is 41.4 Å². The Morgan fingerprint density at radius 1 is 1.35 bits per heavy atom. The first-order valence-corrected chi connectivity index (χ1v) is 7.81. The van der Waals surface area contributed by atoms with Gasteiger partial charge in [0.2, 0.25) is 5.91 Å². The third-order valence-corrected chi connectivity index (χ3v) is 4.82. The van der Waals surface area contributed by atoms with Crippen LogP contribution in [0.5, 0.6) is 0 Å². The molecule has 1 N–H and O–H groups in total. The molecule has 2 fully saturated rings. The third-order valence-electron chi connectivity index (χ3n) is 4.82. The highest BCUT2D eigenvalue weighted by Gasteiger charge is 2.45. The van der Waals surface area contributed by atoms with Crippen LogP contribution >= 0.6 is 0 Å². The quantitative estimate of drug-likeness (QED) is 0.893. The standard InChI is InChI=1S/C17H24N2O/c1-2-17(10-11-18-13-17)16(20)19(15-8-9-15)12-14-6-4-3-5-7-14/h3-7,15,18H,2,8-13H2,1H3. The van der Waals surface area contributed by atoms with Crippen molar-refractivity contribution in [3.8, 4) is 0 Å². The van der Waals surface area contributed by atoms with Crippen molar-refractivity contribution in [3.63, 3.8) is 0 Å². The Hall–Kier alpha value is -1.35. The molecule has 1 saturated heterocycles. The average Bonchev–Trinajstić information content (AvgIpc) is 3.22. The smallest absolute Gasteiger partial charge is 0.230 e. The lowest BCUT2D eigenvalue weighted by Gasteiger charge is -2.33. The van der Waals surface area contributed by atoms with Crippen molar-refractivity contribution in [2.24, 2.45) is 5.41 Å². The molecular formula is C17H24N2O. The fourth-order valence-electron chi connectivity index (χ4n) is 3.22. The molecule has 0 radical (unpaired) electrons. The molecule has 1 atom stereocenters. The second-order valence-electron chi connectivity index (χ2n) is 6.21. The summed E-state index contributed by atoms with van der Waals surface area (Å²) < 4.78 is 0. The van der Waals surface area contributed by atoms with Crippen LogP contribution in [-0.4, -0.2) is 29.9 Å². The van der Waals surface area contributed by atoms with E-state index in [1.54, 1.807) is 0 Å². The van der Waals surface area contributed by atoms with Crippen LogP contribution in [0.25, 0.3) is 0 Å². The number of carbonyl (C=O) groups is 1. The van der Waals surface area contributed by atoms with E-state index in [4.69, 9.17) is 0 Å². The van der Waals surface area contributed by atoms with Gasteiger partial charge in [-0.05, 0) is 37.8 Å². The summed E-state index contributed by atoms with van der Waals surface area (Å²) in [7, 11) is 0. The minimum atomic E-state index is -0.155. The van der Waals surface area contributed by atoms with Crippen molar-refractivity contribution in [2.45, 2.75) is 45.2 Å². The van der Waals surface area contributed by atoms with Gasteiger partial charge < -0.3 is 10.2 Å². The summed E-state index contributed by atoms with van der Waals surface area (Å²) in [5.41, 5.74) is 1.09. The van der Waals surface area contributed by atoms with Crippen LogP contribution in [0.3, 0.4) is 0 Å². The lowest BCUT2D eigenvalue weighted by Crippen LogP contribution is -2.45. The molecule has 3 nitrogen and oxygen atoms in total. The molecule has 3 heteroatoms. The lowest BCUT2D eigenvalue weighted by molar-refractivity contribution is -0.142. The molecule has 0 spiro atoms. The number of nitrogens with one attached hydrogen (secondary N) is 1. The van der Waals surface area contributed by atoms with Gasteiger partial charge >= 0.3 is 0 Å². The molecule has 1 saturated carbocycles. The highest BCUT2D eigenvalue weighted by atomic mass is 16.2. The van der Waals surface area contributed by atoms with Crippen molar-refractivity contribution in [3.05, 3.63) is 35.9 Å². The zero-order valence-corrected chi connectivity index (χ0v) is 12.3. The van der Waals surface area contributed by atoms with Gasteiger partial charge in [0.05, 0.1) is 5.41 Å². The Balaban J connectivity index is 1.78. The fraction of sp³-hybridized carbons (Fsp3) is 0.588. The van der Waals surface area contributed by atoms with Crippen molar-refractivity contribution in [1.29, 1.82) is 0 Å². The molecule has 1 unspecified atom stereocenters. The summed E-state index contributed by atoms with van der Waals surface area (Å²) in [6.45, 7) is 4.74. The Kier molecular flexibility index (Phi) is 3.79. The highest BCUT2D eigenvalue weighted by molar-refractivity contribution is 5.84. The molecule has 108 valence electrons. The zero-order chi connectivity index (χ0) is 14.0. The Labute approximate surface area is 121 Å². The molecule has 20 heavy (non-hydrogen) atoms. The van der Waals surface area contributed by atoms with Crippen LogP contribution in [0.4, 0.5) is 0 Å². The minimum absolute atomic E-state index is 0.155. The fourth-order valence-corrected chi connectivity index (χ4v) is 3.22. The molecule has 1 aliphatic carbocycles. The normalized spacial score (nSPS) is 25.6. The first-order chi connectivity index (χ1) is 9.75. The number of amides is 1. The molecule has 1 aromatic carbocycles. The monoisotopic (exact) mass is 272 g/mol. The Morgan fingerprint density at radius 3 is 2.65 bits per heavy atom. The van der Waals surface area contributed by atoms with E-state index in [1.807, 2.05) is 6.07 Å². The molecule has 0 aromatic heterocycles. The second-order valence-corrected chi connectivity index (χ2v) is 6.21. The van der Waals surface area contributed by atoms with Crippen molar-refractivity contribution >= 4 is 5.91 Å². The van der Waals surface area contributed by atoms with Crippen LogP contribution in [0, 0.1) is 5.41 Å². The maximum Gasteiger partial charge on any atom is 0.230 e. The van der Waals surface area contributed by atoms with Gasteiger partial charge in [-0.15, -0.1) is 0 Å². The van der Waals surface area contributed by atoms with E-state index in [0.717, 1.165) is 32.5 Å². The topological polar surface area (TPSA) is 32.3 Å². The number of benzene rings is 1. The van der Waals surface area contributed by atoms with Gasteiger partial charge in [-0.3, -0.25) is 4.79 Å². The summed E-state index contributed by atoms with van der Waals surface area (Å²) in [6, 6.07) is 10.9. The van der Waals surface area contributed by atoms with Gasteiger partial charge in [0.25, 0.3) is 0 Å². The number of hydrogen-bond acceptors (Lipinski definition) is 2. The summed E-state index contributed by atoms with van der Waals surface area (Å²) in [5.74, 6) is 0.372. The van der Waals surface area contributed by atoms with E-state index in [0.29, 0.717) is 11.9 Å². The van der Waals surface area contributed by atoms with Crippen LogP contribution in [0.15, 0.2) is 30.3 Å². The van der Waals surface area contributed by atoms with Gasteiger partial charge in [0.1, 0.15) is 0 Å². The molecule has 3 rings (SSSR count). The lowest BCUT2D eigenvalue weighted by atomic mass is 9.82. The number of carbonyl (C=O) groups excluding carboxylic acids is 1. The van der Waals surface area contributed by atoms with Crippen molar-refractivity contribution in [1.82, 2.24) is 10.2 Å². The summed E-state index contributed by atoms with van der Waals surface area (Å²) in [4.78, 5) is 15.2. The number of nitrogens with zero attached hydrogens (tertiary/aromatic N) is 1. The summed E-state index contributed by atoms with van der Waals surface area (Å²) in [5, 5.41) is 3.38. The third kappa shape index (κ3) is 2.59. The highest BCUT2D eigenvalue weighted by Crippen LogP contribution is 2.37. The van der Waals surface area contributed by atoms with E-state index in [9.17, 15) is 4.79 Å². The van der Waals surface area contributed by atoms with E-state index >= 15 is 0 Å². The SMILES string of the molecule is CCC1(C(=O)N(Cc2ccccc2)C2CC2)CCNC1. The van der Waals surface area contributed by atoms with E-state index < -0.39 is 0 Å². The Morgan fingerprint density at radius 2 is 2.10 bits per heavy atom. The number of hydrogen-bond donors (Lipinski definition) is 1. The maximum atomic E-state index is 13.1. The first kappa shape index (κ1) is 13.6. The largest absolute Gasteiger partial charge is 0.335 e. The molecular weight excluding hydrogens is 248 g/mol. The van der Waals surface area contributed by atoms with Gasteiger partial charge in [0.15, 0.2) is 0 Å². The summed E-state index contributed by atoms with van der Waals surface area (Å²) >= 11 is 0. The van der Waals surface area contributed by atoms with Gasteiger partial charge in [-0.2, -0.15) is 0 Å². The van der Waals surface area contributed by atoms with Crippen LogP contribution in [0.2, 0.25) is 0 Å². The molecule has 2 aliphatic rings. The summed E-state index contributed by atoms with van der Waals surface area (Å²) in [6.07, 6.45) is 4.27. The zero-order valence-electron chi connectivity index (χ0n) is 12.3. The van der Waals surface area contributed by atoms with E-state index in [-0.39, 0.29) is 5.41 Å². The van der Waals surface area contributed by atoms with Gasteiger partial charge in [-0.1, -0.05) is 37.3 Å². The Bertz CT molecular complexity index is 461.